The highest BCUT2D eigenvalue weighted by Gasteiger charge is 2.21. The third kappa shape index (κ3) is 4.51. The van der Waals surface area contributed by atoms with Crippen LogP contribution in [0.3, 0.4) is 0 Å². The first-order chi connectivity index (χ1) is 13.4. The average molecular weight is 397 g/mol. The molecule has 0 saturated carbocycles. The van der Waals surface area contributed by atoms with Gasteiger partial charge in [-0.25, -0.2) is 4.98 Å². The van der Waals surface area contributed by atoms with E-state index in [4.69, 9.17) is 4.98 Å². The molecule has 28 heavy (non-hydrogen) atoms. The Kier molecular flexibility index (Phi) is 6.31. The summed E-state index contributed by atoms with van der Waals surface area (Å²) >= 11 is 1.58. The molecule has 0 fully saturated rings. The van der Waals surface area contributed by atoms with E-state index in [1.54, 1.807) is 16.2 Å². The second-order valence-electron chi connectivity index (χ2n) is 7.35. The van der Waals surface area contributed by atoms with E-state index in [0.717, 1.165) is 34.0 Å². The van der Waals surface area contributed by atoms with Crippen molar-refractivity contribution in [3.63, 3.8) is 0 Å². The molecule has 0 aliphatic rings. The number of likely N-dealkylation sites (N-methyl/N-ethyl adjacent to an activating group) is 1. The van der Waals surface area contributed by atoms with Crippen molar-refractivity contribution in [1.29, 1.82) is 0 Å². The Morgan fingerprint density at radius 1 is 1.00 bits per heavy atom. The Balaban J connectivity index is 1.94. The fraction of sp³-hybridized carbons (Fsp3) is 0.364. The Labute approximate surface area is 171 Å². The Bertz CT molecular complexity index is 947. The third-order valence-electron chi connectivity index (χ3n) is 4.73. The van der Waals surface area contributed by atoms with E-state index in [1.165, 1.54) is 5.56 Å². The van der Waals surface area contributed by atoms with Gasteiger partial charge in [0.05, 0.1) is 10.2 Å². The van der Waals surface area contributed by atoms with Crippen LogP contribution in [0.5, 0.6) is 0 Å². The number of aryl methyl sites for hydroxylation is 1. The van der Waals surface area contributed by atoms with Crippen LogP contribution in [-0.2, 0) is 6.42 Å². The standard InChI is InChI=1S/C22H28N4OS/c1-6-16-7-12-19-20(15-16)28-22(23-19)26(14-13-24(2)3)21(27)17-8-10-18(11-9-17)25(4)5/h7-12,15H,6,13-14H2,1-5H3. The predicted octanol–water partition coefficient (Wildman–Crippen LogP) is 4.13. The molecule has 3 rings (SSSR count). The normalized spacial score (nSPS) is 11.2. The molecule has 0 bridgehead atoms. The summed E-state index contributed by atoms with van der Waals surface area (Å²) in [5.74, 6) is -0.0121. The predicted molar refractivity (Wildman–Crippen MR) is 120 cm³/mol. The average Bonchev–Trinajstić information content (AvgIpc) is 3.10. The van der Waals surface area contributed by atoms with Crippen LogP contribution >= 0.6 is 11.3 Å². The number of carbonyl (C=O) groups excluding carboxylic acids is 1. The van der Waals surface area contributed by atoms with Gasteiger partial charge in [0.15, 0.2) is 5.13 Å². The van der Waals surface area contributed by atoms with Gasteiger partial charge in [-0.15, -0.1) is 0 Å². The number of carbonyl (C=O) groups is 1. The molecule has 1 amide bonds. The van der Waals surface area contributed by atoms with E-state index in [2.05, 4.69) is 30.0 Å². The first kappa shape index (κ1) is 20.3. The van der Waals surface area contributed by atoms with E-state index in [-0.39, 0.29) is 5.91 Å². The summed E-state index contributed by atoms with van der Waals surface area (Å²) in [4.78, 5) is 24.0. The summed E-state index contributed by atoms with van der Waals surface area (Å²) in [5, 5.41) is 0.756. The molecule has 1 aromatic heterocycles. The fourth-order valence-electron chi connectivity index (χ4n) is 2.93. The van der Waals surface area contributed by atoms with Crippen LogP contribution in [0.1, 0.15) is 22.8 Å². The quantitative estimate of drug-likeness (QED) is 0.602. The molecular weight excluding hydrogens is 368 g/mol. The highest BCUT2D eigenvalue weighted by atomic mass is 32.1. The molecule has 3 aromatic rings. The van der Waals surface area contributed by atoms with Crippen molar-refractivity contribution in [2.75, 3.05) is 51.1 Å². The maximum atomic E-state index is 13.3. The minimum absolute atomic E-state index is 0.0121. The van der Waals surface area contributed by atoms with Gasteiger partial charge in [0.25, 0.3) is 5.91 Å². The molecule has 1 heterocycles. The molecule has 0 N–H and O–H groups in total. The number of thiazole rings is 1. The van der Waals surface area contributed by atoms with Crippen molar-refractivity contribution in [3.05, 3.63) is 53.6 Å². The second kappa shape index (κ2) is 8.71. The van der Waals surface area contributed by atoms with Crippen molar-refractivity contribution < 1.29 is 4.79 Å². The maximum absolute atomic E-state index is 13.3. The number of nitrogens with zero attached hydrogens (tertiary/aromatic N) is 4. The SMILES string of the molecule is CCc1ccc2nc(N(CCN(C)C)C(=O)c3ccc(N(C)C)cc3)sc2c1. The Hall–Kier alpha value is -2.44. The number of hydrogen-bond donors (Lipinski definition) is 0. The molecule has 0 saturated heterocycles. The lowest BCUT2D eigenvalue weighted by Gasteiger charge is -2.22. The Morgan fingerprint density at radius 3 is 2.32 bits per heavy atom. The maximum Gasteiger partial charge on any atom is 0.260 e. The topological polar surface area (TPSA) is 39.7 Å². The van der Waals surface area contributed by atoms with Crippen LogP contribution in [0.25, 0.3) is 10.2 Å². The molecule has 0 spiro atoms. The molecule has 0 radical (unpaired) electrons. The fourth-order valence-corrected chi connectivity index (χ4v) is 3.99. The van der Waals surface area contributed by atoms with E-state index in [9.17, 15) is 4.79 Å². The van der Waals surface area contributed by atoms with Crippen LogP contribution in [-0.4, -0.2) is 57.1 Å². The van der Waals surface area contributed by atoms with Crippen LogP contribution in [0.2, 0.25) is 0 Å². The van der Waals surface area contributed by atoms with Gasteiger partial charge in [-0.05, 0) is 62.5 Å². The molecule has 6 heteroatoms. The van der Waals surface area contributed by atoms with Gasteiger partial charge in [0, 0.05) is 38.4 Å². The van der Waals surface area contributed by atoms with Gasteiger partial charge in [-0.2, -0.15) is 0 Å². The van der Waals surface area contributed by atoms with Gasteiger partial charge in [-0.1, -0.05) is 24.3 Å². The molecule has 0 unspecified atom stereocenters. The molecule has 0 aliphatic heterocycles. The number of hydrogen-bond acceptors (Lipinski definition) is 5. The minimum atomic E-state index is -0.0121. The highest BCUT2D eigenvalue weighted by molar-refractivity contribution is 7.22. The van der Waals surface area contributed by atoms with Gasteiger partial charge in [0.1, 0.15) is 0 Å². The summed E-state index contributed by atoms with van der Waals surface area (Å²) < 4.78 is 1.12. The third-order valence-corrected chi connectivity index (χ3v) is 5.77. The number of benzene rings is 2. The zero-order valence-electron chi connectivity index (χ0n) is 17.3. The number of amides is 1. The summed E-state index contributed by atoms with van der Waals surface area (Å²) in [6, 6.07) is 14.1. The molecule has 0 atom stereocenters. The summed E-state index contributed by atoms with van der Waals surface area (Å²) in [6.07, 6.45) is 0.991. The lowest BCUT2D eigenvalue weighted by atomic mass is 10.1. The second-order valence-corrected chi connectivity index (χ2v) is 8.36. The zero-order valence-corrected chi connectivity index (χ0v) is 18.1. The highest BCUT2D eigenvalue weighted by Crippen LogP contribution is 2.30. The van der Waals surface area contributed by atoms with Crippen molar-refractivity contribution in [1.82, 2.24) is 9.88 Å². The van der Waals surface area contributed by atoms with E-state index < -0.39 is 0 Å². The summed E-state index contributed by atoms with van der Waals surface area (Å²) in [6.45, 7) is 3.52. The van der Waals surface area contributed by atoms with Crippen LogP contribution in [0, 0.1) is 0 Å². The molecule has 2 aromatic carbocycles. The lowest BCUT2D eigenvalue weighted by Crippen LogP contribution is -2.36. The number of aromatic nitrogens is 1. The van der Waals surface area contributed by atoms with Crippen molar-refractivity contribution in [2.45, 2.75) is 13.3 Å². The van der Waals surface area contributed by atoms with Gasteiger partial charge in [0.2, 0.25) is 0 Å². The van der Waals surface area contributed by atoms with Gasteiger partial charge >= 0.3 is 0 Å². The first-order valence-corrected chi connectivity index (χ1v) is 10.3. The van der Waals surface area contributed by atoms with Crippen LogP contribution in [0.4, 0.5) is 10.8 Å². The molecule has 5 nitrogen and oxygen atoms in total. The summed E-state index contributed by atoms with van der Waals surface area (Å²) in [7, 11) is 8.01. The van der Waals surface area contributed by atoms with Crippen LogP contribution in [0.15, 0.2) is 42.5 Å². The monoisotopic (exact) mass is 396 g/mol. The van der Waals surface area contributed by atoms with E-state index in [0.29, 0.717) is 12.1 Å². The zero-order chi connectivity index (χ0) is 20.3. The smallest absolute Gasteiger partial charge is 0.260 e. The Morgan fingerprint density at radius 2 is 1.71 bits per heavy atom. The van der Waals surface area contributed by atoms with Crippen molar-refractivity contribution >= 4 is 38.3 Å². The van der Waals surface area contributed by atoms with E-state index >= 15 is 0 Å². The first-order valence-electron chi connectivity index (χ1n) is 9.52. The number of anilines is 2. The minimum Gasteiger partial charge on any atom is -0.378 e. The van der Waals surface area contributed by atoms with Gasteiger partial charge in [-0.3, -0.25) is 9.69 Å². The number of fused-ring (bicyclic) bond motifs is 1. The van der Waals surface area contributed by atoms with Crippen LogP contribution < -0.4 is 9.80 Å². The van der Waals surface area contributed by atoms with E-state index in [1.807, 2.05) is 57.4 Å². The van der Waals surface area contributed by atoms with Gasteiger partial charge < -0.3 is 9.80 Å². The van der Waals surface area contributed by atoms with Crippen molar-refractivity contribution in [2.24, 2.45) is 0 Å². The summed E-state index contributed by atoms with van der Waals surface area (Å²) in [5.41, 5.74) is 3.98. The van der Waals surface area contributed by atoms with Crippen molar-refractivity contribution in [3.8, 4) is 0 Å². The molecule has 148 valence electrons. The largest absolute Gasteiger partial charge is 0.378 e. The lowest BCUT2D eigenvalue weighted by molar-refractivity contribution is 0.0985. The molecule has 0 aliphatic carbocycles. The number of rotatable bonds is 7. The molecular formula is C22H28N4OS.